The van der Waals surface area contributed by atoms with E-state index in [9.17, 15) is 24.8 Å². The molecule has 0 unspecified atom stereocenters. The van der Waals surface area contributed by atoms with Gasteiger partial charge in [0, 0.05) is 12.1 Å². The summed E-state index contributed by atoms with van der Waals surface area (Å²) in [5.74, 6) is 0.426. The summed E-state index contributed by atoms with van der Waals surface area (Å²) in [4.78, 5) is 34.3. The van der Waals surface area contributed by atoms with Crippen molar-refractivity contribution in [3.63, 3.8) is 0 Å². The van der Waals surface area contributed by atoms with Crippen LogP contribution >= 0.6 is 0 Å². The van der Waals surface area contributed by atoms with Crippen molar-refractivity contribution >= 4 is 22.7 Å². The number of nitro benzene ring substituents is 1. The number of nitro groups is 1. The third-order valence-corrected chi connectivity index (χ3v) is 3.78. The Morgan fingerprint density at radius 2 is 2.04 bits per heavy atom. The molecule has 3 aromatic rings. The molecular weight excluding hydrogens is 330 g/mol. The maximum absolute atomic E-state index is 12.4. The topological polar surface area (TPSA) is 117 Å². The number of hydrogen-bond acceptors (Lipinski definition) is 5. The molecule has 0 aliphatic rings. The summed E-state index contributed by atoms with van der Waals surface area (Å²) in [5, 5.41) is 20.5. The minimum atomic E-state index is -1.44. The van der Waals surface area contributed by atoms with E-state index in [4.69, 9.17) is 4.74 Å². The molecule has 0 spiro atoms. The Balaban J connectivity index is 2.19. The van der Waals surface area contributed by atoms with Crippen LogP contribution in [-0.2, 0) is 6.54 Å². The number of ether oxygens (including phenoxy) is 1. The highest BCUT2D eigenvalue weighted by atomic mass is 16.6. The summed E-state index contributed by atoms with van der Waals surface area (Å²) in [5.41, 5.74) is 0.0725. The average Bonchev–Trinajstić information content (AvgIpc) is 2.86. The maximum atomic E-state index is 12.4. The predicted octanol–water partition coefficient (Wildman–Crippen LogP) is 2.29. The third-order valence-electron chi connectivity index (χ3n) is 3.78. The first kappa shape index (κ1) is 16.2. The number of aromatic nitrogens is 2. The van der Waals surface area contributed by atoms with E-state index < -0.39 is 16.6 Å². The minimum Gasteiger partial charge on any atom is -0.497 e. The largest absolute Gasteiger partial charge is 0.497 e. The Hall–Kier alpha value is -3.62. The highest BCUT2D eigenvalue weighted by molar-refractivity contribution is 5.84. The van der Waals surface area contributed by atoms with Gasteiger partial charge in [-0.2, -0.15) is 0 Å². The van der Waals surface area contributed by atoms with Crippen LogP contribution in [0.15, 0.2) is 47.3 Å². The lowest BCUT2D eigenvalue weighted by Crippen LogP contribution is -2.29. The van der Waals surface area contributed by atoms with E-state index in [0.29, 0.717) is 21.5 Å². The van der Waals surface area contributed by atoms with E-state index >= 15 is 0 Å². The number of rotatable bonds is 4. The van der Waals surface area contributed by atoms with Crippen molar-refractivity contribution in [3.05, 3.63) is 68.5 Å². The Morgan fingerprint density at radius 3 is 2.68 bits per heavy atom. The highest BCUT2D eigenvalue weighted by Gasteiger charge is 2.19. The van der Waals surface area contributed by atoms with Gasteiger partial charge in [-0.05, 0) is 23.8 Å². The predicted molar refractivity (Wildman–Crippen MR) is 88.4 cm³/mol. The number of benzene rings is 2. The SMILES string of the molecule is COc1ccc2c(c1)c(=O)n(C(=O)O)n2Cc1cccc([N+](=O)[O-])c1. The van der Waals surface area contributed by atoms with Crippen molar-refractivity contribution in [3.8, 4) is 5.75 Å². The van der Waals surface area contributed by atoms with Gasteiger partial charge in [-0.1, -0.05) is 12.1 Å². The molecule has 128 valence electrons. The van der Waals surface area contributed by atoms with Gasteiger partial charge in [0.1, 0.15) is 5.75 Å². The molecule has 0 amide bonds. The number of non-ortho nitro benzene ring substituents is 1. The second-order valence-electron chi connectivity index (χ2n) is 5.27. The maximum Gasteiger partial charge on any atom is 0.434 e. The zero-order valence-electron chi connectivity index (χ0n) is 13.1. The van der Waals surface area contributed by atoms with Gasteiger partial charge in [0.25, 0.3) is 11.2 Å². The van der Waals surface area contributed by atoms with Crippen molar-refractivity contribution in [2.75, 3.05) is 7.11 Å². The van der Waals surface area contributed by atoms with Gasteiger partial charge in [-0.25, -0.2) is 4.79 Å². The summed E-state index contributed by atoms with van der Waals surface area (Å²) < 4.78 is 6.92. The molecule has 0 saturated carbocycles. The Kier molecular flexibility index (Phi) is 3.97. The molecule has 0 saturated heterocycles. The molecule has 9 nitrogen and oxygen atoms in total. The van der Waals surface area contributed by atoms with E-state index in [-0.39, 0.29) is 17.6 Å². The van der Waals surface area contributed by atoms with Crippen molar-refractivity contribution < 1.29 is 19.6 Å². The molecule has 0 bridgehead atoms. The monoisotopic (exact) mass is 343 g/mol. The molecule has 1 N–H and O–H groups in total. The molecule has 1 aromatic heterocycles. The summed E-state index contributed by atoms with van der Waals surface area (Å²) in [6.07, 6.45) is -1.44. The summed E-state index contributed by atoms with van der Waals surface area (Å²) in [6.45, 7) is -0.0148. The number of methoxy groups -OCH3 is 1. The normalized spacial score (nSPS) is 10.8. The van der Waals surface area contributed by atoms with Crippen LogP contribution in [0, 0.1) is 10.1 Å². The van der Waals surface area contributed by atoms with E-state index in [2.05, 4.69) is 0 Å². The minimum absolute atomic E-state index is 0.0148. The van der Waals surface area contributed by atoms with Gasteiger partial charge in [0.05, 0.1) is 29.5 Å². The molecule has 0 atom stereocenters. The van der Waals surface area contributed by atoms with Crippen LogP contribution in [0.2, 0.25) is 0 Å². The molecule has 1 heterocycles. The Morgan fingerprint density at radius 1 is 1.28 bits per heavy atom. The smallest absolute Gasteiger partial charge is 0.434 e. The lowest BCUT2D eigenvalue weighted by Gasteiger charge is -2.09. The van der Waals surface area contributed by atoms with Crippen molar-refractivity contribution in [2.24, 2.45) is 0 Å². The molecule has 2 aromatic carbocycles. The molecule has 0 radical (unpaired) electrons. The fraction of sp³-hybridized carbons (Fsp3) is 0.125. The number of hydrogen-bond donors (Lipinski definition) is 1. The fourth-order valence-corrected chi connectivity index (χ4v) is 2.66. The molecule has 0 aliphatic heterocycles. The van der Waals surface area contributed by atoms with Crippen LogP contribution in [0.1, 0.15) is 5.56 Å². The molecule has 0 fully saturated rings. The van der Waals surface area contributed by atoms with E-state index in [0.717, 1.165) is 0 Å². The highest BCUT2D eigenvalue weighted by Crippen LogP contribution is 2.21. The zero-order chi connectivity index (χ0) is 18.1. The van der Waals surface area contributed by atoms with Gasteiger partial charge in [-0.15, -0.1) is 4.68 Å². The van der Waals surface area contributed by atoms with Gasteiger partial charge in [0.15, 0.2) is 0 Å². The second kappa shape index (κ2) is 6.11. The Labute approximate surface area is 140 Å². The number of fused-ring (bicyclic) bond motifs is 1. The lowest BCUT2D eigenvalue weighted by molar-refractivity contribution is -0.384. The summed E-state index contributed by atoms with van der Waals surface area (Å²) in [6, 6.07) is 10.5. The first-order valence-corrected chi connectivity index (χ1v) is 7.18. The number of carboxylic acid groups (broad SMARTS) is 1. The van der Waals surface area contributed by atoms with Crippen LogP contribution in [0.4, 0.5) is 10.5 Å². The van der Waals surface area contributed by atoms with Crippen LogP contribution in [0.5, 0.6) is 5.75 Å². The van der Waals surface area contributed by atoms with Crippen LogP contribution in [-0.4, -0.2) is 32.6 Å². The quantitative estimate of drug-likeness (QED) is 0.574. The second-order valence-corrected chi connectivity index (χ2v) is 5.27. The molecule has 9 heteroatoms. The first-order chi connectivity index (χ1) is 11.9. The van der Waals surface area contributed by atoms with Gasteiger partial charge >= 0.3 is 6.09 Å². The first-order valence-electron chi connectivity index (χ1n) is 7.18. The van der Waals surface area contributed by atoms with Crippen LogP contribution in [0.3, 0.4) is 0 Å². The van der Waals surface area contributed by atoms with E-state index in [1.807, 2.05) is 0 Å². The molecule has 3 rings (SSSR count). The van der Waals surface area contributed by atoms with Gasteiger partial charge in [0.2, 0.25) is 0 Å². The number of nitrogens with zero attached hydrogens (tertiary/aromatic N) is 3. The summed E-state index contributed by atoms with van der Waals surface area (Å²) >= 11 is 0. The standard InChI is InChI=1S/C16H13N3O6/c1-25-12-5-6-14-13(8-12)15(20)18(16(21)22)17(14)9-10-3-2-4-11(7-10)19(23)24/h2-8H,9H2,1H3,(H,21,22). The van der Waals surface area contributed by atoms with Crippen molar-refractivity contribution in [1.29, 1.82) is 0 Å². The average molecular weight is 343 g/mol. The molecule has 0 aliphatic carbocycles. The van der Waals surface area contributed by atoms with Gasteiger partial charge < -0.3 is 9.84 Å². The Bertz CT molecular complexity index is 1050. The van der Waals surface area contributed by atoms with Crippen LogP contribution in [0.25, 0.3) is 10.9 Å². The third kappa shape index (κ3) is 2.82. The van der Waals surface area contributed by atoms with Crippen molar-refractivity contribution in [1.82, 2.24) is 9.36 Å². The molecular formula is C16H13N3O6. The summed E-state index contributed by atoms with van der Waals surface area (Å²) in [7, 11) is 1.44. The number of carbonyl (C=O) groups is 1. The van der Waals surface area contributed by atoms with E-state index in [1.54, 1.807) is 18.2 Å². The lowest BCUT2D eigenvalue weighted by atomic mass is 10.2. The van der Waals surface area contributed by atoms with E-state index in [1.165, 1.54) is 36.1 Å². The van der Waals surface area contributed by atoms with Crippen molar-refractivity contribution in [2.45, 2.75) is 6.54 Å². The van der Waals surface area contributed by atoms with Crippen LogP contribution < -0.4 is 10.3 Å². The zero-order valence-corrected chi connectivity index (χ0v) is 13.1. The van der Waals surface area contributed by atoms with Gasteiger partial charge in [-0.3, -0.25) is 19.6 Å². The fourth-order valence-electron chi connectivity index (χ4n) is 2.66. The molecule has 25 heavy (non-hydrogen) atoms.